The van der Waals surface area contributed by atoms with E-state index >= 15 is 0 Å². The molecule has 0 unspecified atom stereocenters. The average Bonchev–Trinajstić information content (AvgIpc) is 3.26. The number of ether oxygens (including phenoxy) is 1. The number of nitrogens with one attached hydrogen (secondary N) is 1. The van der Waals surface area contributed by atoms with E-state index in [0.717, 1.165) is 55.2 Å². The molecule has 1 aliphatic rings. The lowest BCUT2D eigenvalue weighted by molar-refractivity contribution is 0.477. The molecule has 1 aliphatic heterocycles. The van der Waals surface area contributed by atoms with Crippen LogP contribution in [0.15, 0.2) is 114 Å². The predicted octanol–water partition coefficient (Wildman–Crippen LogP) is 9.33. The van der Waals surface area contributed by atoms with E-state index < -0.39 is 0 Å². The Kier molecular flexibility index (Phi) is 4.29. The molecule has 0 radical (unpaired) electrons. The largest absolute Gasteiger partial charge is 0.453 e. The maximum atomic E-state index is 6.46. The summed E-state index contributed by atoms with van der Waals surface area (Å²) in [6.07, 6.45) is 0. The van der Waals surface area contributed by atoms with Crippen molar-refractivity contribution in [2.75, 3.05) is 4.90 Å². The molecule has 4 heteroatoms. The summed E-state index contributed by atoms with van der Waals surface area (Å²) in [5, 5.41) is 2.47. The molecule has 1 N–H and O–H groups in total. The van der Waals surface area contributed by atoms with Gasteiger partial charge in [0.15, 0.2) is 11.5 Å². The third kappa shape index (κ3) is 2.96. The lowest BCUT2D eigenvalue weighted by atomic mass is 10.0. The van der Waals surface area contributed by atoms with Crippen LogP contribution in [0.4, 0.5) is 17.1 Å². The molecule has 2 heterocycles. The number of aromatic amines is 1. The van der Waals surface area contributed by atoms with Crippen LogP contribution in [-0.4, -0.2) is 4.98 Å². The zero-order chi connectivity index (χ0) is 22.6. The number of halogens is 1. The number of fused-ring (bicyclic) bond motifs is 5. The molecule has 0 bridgehead atoms. The van der Waals surface area contributed by atoms with Crippen molar-refractivity contribution in [1.29, 1.82) is 0 Å². The van der Waals surface area contributed by atoms with Gasteiger partial charge in [0, 0.05) is 32.0 Å². The maximum absolute atomic E-state index is 6.46. The van der Waals surface area contributed by atoms with Gasteiger partial charge in [-0.05, 0) is 54.1 Å². The topological polar surface area (TPSA) is 28.3 Å². The van der Waals surface area contributed by atoms with Crippen molar-refractivity contribution in [3.05, 3.63) is 114 Å². The molecule has 0 saturated carbocycles. The van der Waals surface area contributed by atoms with Crippen molar-refractivity contribution < 1.29 is 4.74 Å². The van der Waals surface area contributed by atoms with Gasteiger partial charge < -0.3 is 14.6 Å². The number of hydrogen-bond donors (Lipinski definition) is 1. The molecular weight excluding hydrogens is 484 g/mol. The second-order valence-electron chi connectivity index (χ2n) is 8.47. The molecule has 0 spiro atoms. The van der Waals surface area contributed by atoms with Gasteiger partial charge in [-0.2, -0.15) is 0 Å². The summed E-state index contributed by atoms with van der Waals surface area (Å²) >= 11 is 3.60. The van der Waals surface area contributed by atoms with Crippen molar-refractivity contribution in [3.8, 4) is 22.6 Å². The summed E-state index contributed by atoms with van der Waals surface area (Å²) in [6, 6.07) is 38.0. The Bertz CT molecular complexity index is 1700. The summed E-state index contributed by atoms with van der Waals surface area (Å²) in [5.74, 6) is 1.66. The summed E-state index contributed by atoms with van der Waals surface area (Å²) < 4.78 is 7.45. The predicted molar refractivity (Wildman–Crippen MR) is 144 cm³/mol. The SMILES string of the molecule is Brc1ccc2c(c1)Oc1cc(-c3cccc4c3[nH]c3ccccc34)ccc1N2c1ccccc1. The van der Waals surface area contributed by atoms with Crippen molar-refractivity contribution in [2.45, 2.75) is 0 Å². The first-order valence-electron chi connectivity index (χ1n) is 11.2. The lowest BCUT2D eigenvalue weighted by Crippen LogP contribution is -2.15. The third-order valence-electron chi connectivity index (χ3n) is 6.45. The highest BCUT2D eigenvalue weighted by molar-refractivity contribution is 9.10. The minimum atomic E-state index is 0.826. The molecule has 3 nitrogen and oxygen atoms in total. The molecule has 162 valence electrons. The van der Waals surface area contributed by atoms with E-state index in [2.05, 4.69) is 117 Å². The van der Waals surface area contributed by atoms with Crippen LogP contribution >= 0.6 is 15.9 Å². The summed E-state index contributed by atoms with van der Waals surface area (Å²) in [4.78, 5) is 5.88. The number of H-pyrrole nitrogens is 1. The summed E-state index contributed by atoms with van der Waals surface area (Å²) in [6.45, 7) is 0. The molecular formula is C30H19BrN2O. The van der Waals surface area contributed by atoms with Crippen LogP contribution in [0.25, 0.3) is 32.9 Å². The Morgan fingerprint density at radius 2 is 1.38 bits per heavy atom. The summed E-state index contributed by atoms with van der Waals surface area (Å²) in [5.41, 5.74) is 7.70. The Labute approximate surface area is 205 Å². The van der Waals surface area contributed by atoms with Gasteiger partial charge in [0.1, 0.15) is 0 Å². The molecule has 0 aliphatic carbocycles. The second kappa shape index (κ2) is 7.51. The van der Waals surface area contributed by atoms with Crippen LogP contribution in [0.5, 0.6) is 11.5 Å². The van der Waals surface area contributed by atoms with Gasteiger partial charge in [0.25, 0.3) is 0 Å². The molecule has 1 aromatic heterocycles. The molecule has 0 saturated heterocycles. The fraction of sp³-hybridized carbons (Fsp3) is 0. The van der Waals surface area contributed by atoms with Crippen LogP contribution in [0, 0.1) is 0 Å². The van der Waals surface area contributed by atoms with E-state index in [1.54, 1.807) is 0 Å². The Morgan fingerprint density at radius 1 is 0.647 bits per heavy atom. The van der Waals surface area contributed by atoms with Crippen molar-refractivity contribution in [2.24, 2.45) is 0 Å². The highest BCUT2D eigenvalue weighted by Gasteiger charge is 2.26. The van der Waals surface area contributed by atoms with Crippen molar-refractivity contribution >= 4 is 54.8 Å². The fourth-order valence-corrected chi connectivity index (χ4v) is 5.26. The van der Waals surface area contributed by atoms with E-state index in [0.29, 0.717) is 0 Å². The number of anilines is 3. The molecule has 34 heavy (non-hydrogen) atoms. The first kappa shape index (κ1) is 19.4. The highest BCUT2D eigenvalue weighted by Crippen LogP contribution is 2.52. The number of nitrogens with zero attached hydrogens (tertiary/aromatic N) is 1. The van der Waals surface area contributed by atoms with Crippen LogP contribution in [0.2, 0.25) is 0 Å². The van der Waals surface area contributed by atoms with Gasteiger partial charge in [-0.15, -0.1) is 0 Å². The maximum Gasteiger partial charge on any atom is 0.152 e. The van der Waals surface area contributed by atoms with E-state index in [1.165, 1.54) is 10.8 Å². The number of benzene rings is 5. The number of hydrogen-bond acceptors (Lipinski definition) is 2. The fourth-order valence-electron chi connectivity index (χ4n) is 4.92. The van der Waals surface area contributed by atoms with Crippen LogP contribution < -0.4 is 9.64 Å². The Hall–Kier alpha value is -4.02. The summed E-state index contributed by atoms with van der Waals surface area (Å²) in [7, 11) is 0. The minimum absolute atomic E-state index is 0.826. The van der Waals surface area contributed by atoms with Gasteiger partial charge in [-0.25, -0.2) is 0 Å². The molecule has 0 fully saturated rings. The minimum Gasteiger partial charge on any atom is -0.453 e. The zero-order valence-electron chi connectivity index (χ0n) is 18.1. The van der Waals surface area contributed by atoms with Gasteiger partial charge in [0.2, 0.25) is 0 Å². The number of aromatic nitrogens is 1. The van der Waals surface area contributed by atoms with Gasteiger partial charge >= 0.3 is 0 Å². The van der Waals surface area contributed by atoms with E-state index in [4.69, 9.17) is 4.74 Å². The number of rotatable bonds is 2. The van der Waals surface area contributed by atoms with E-state index in [9.17, 15) is 0 Å². The number of para-hydroxylation sites is 3. The monoisotopic (exact) mass is 502 g/mol. The van der Waals surface area contributed by atoms with Gasteiger partial charge in [-0.1, -0.05) is 76.6 Å². The van der Waals surface area contributed by atoms with E-state index in [-0.39, 0.29) is 0 Å². The second-order valence-corrected chi connectivity index (χ2v) is 9.38. The quantitative estimate of drug-likeness (QED) is 0.255. The van der Waals surface area contributed by atoms with E-state index in [1.807, 2.05) is 18.2 Å². The van der Waals surface area contributed by atoms with Gasteiger partial charge in [-0.3, -0.25) is 0 Å². The zero-order valence-corrected chi connectivity index (χ0v) is 19.7. The molecule has 0 atom stereocenters. The van der Waals surface area contributed by atoms with Crippen LogP contribution in [0.1, 0.15) is 0 Å². The van der Waals surface area contributed by atoms with Crippen LogP contribution in [-0.2, 0) is 0 Å². The molecule has 0 amide bonds. The third-order valence-corrected chi connectivity index (χ3v) is 6.94. The van der Waals surface area contributed by atoms with Crippen LogP contribution in [0.3, 0.4) is 0 Å². The Morgan fingerprint density at radius 3 is 2.26 bits per heavy atom. The van der Waals surface area contributed by atoms with Crippen molar-refractivity contribution in [3.63, 3.8) is 0 Å². The van der Waals surface area contributed by atoms with Gasteiger partial charge in [0.05, 0.1) is 16.9 Å². The first-order valence-corrected chi connectivity index (χ1v) is 12.0. The highest BCUT2D eigenvalue weighted by atomic mass is 79.9. The standard InChI is InChI=1S/C30H19BrN2O/c31-20-14-16-27-29(18-20)34-28-17-19(13-15-26(28)33(27)21-7-2-1-3-8-21)22-10-6-11-24-23-9-4-5-12-25(23)32-30(22)24/h1-18,32H. The molecule has 5 aromatic carbocycles. The lowest BCUT2D eigenvalue weighted by Gasteiger charge is -2.33. The smallest absolute Gasteiger partial charge is 0.152 e. The normalized spacial score (nSPS) is 12.4. The Balaban J connectivity index is 1.43. The average molecular weight is 503 g/mol. The molecule has 7 rings (SSSR count). The molecule has 6 aromatic rings. The van der Waals surface area contributed by atoms with Crippen molar-refractivity contribution in [1.82, 2.24) is 4.98 Å². The first-order chi connectivity index (χ1) is 16.8.